The first-order valence-corrected chi connectivity index (χ1v) is 6.19. The molecule has 0 fully saturated rings. The van der Waals surface area contributed by atoms with E-state index in [-0.39, 0.29) is 18.2 Å². The third-order valence-electron chi connectivity index (χ3n) is 3.00. The predicted molar refractivity (Wildman–Crippen MR) is 70.7 cm³/mol. The second kappa shape index (κ2) is 7.21. The molecule has 19 heavy (non-hydrogen) atoms. The van der Waals surface area contributed by atoms with E-state index >= 15 is 0 Å². The Morgan fingerprint density at radius 2 is 2.16 bits per heavy atom. The lowest BCUT2D eigenvalue weighted by Crippen LogP contribution is -2.37. The van der Waals surface area contributed by atoms with E-state index < -0.39 is 11.8 Å². The van der Waals surface area contributed by atoms with Gasteiger partial charge >= 0.3 is 5.97 Å². The number of hydrogen-bond donors (Lipinski definition) is 2. The number of ether oxygens (including phenoxy) is 1. The van der Waals surface area contributed by atoms with E-state index in [1.165, 1.54) is 18.2 Å². The van der Waals surface area contributed by atoms with Crippen LogP contribution in [0, 0.1) is 11.7 Å². The molecule has 2 N–H and O–H groups in total. The number of nitrogens with one attached hydrogen (secondary N) is 1. The van der Waals surface area contributed by atoms with E-state index in [1.54, 1.807) is 7.11 Å². The molecule has 0 saturated carbocycles. The van der Waals surface area contributed by atoms with Crippen molar-refractivity contribution in [3.8, 4) is 0 Å². The number of halogens is 1. The van der Waals surface area contributed by atoms with Crippen LogP contribution in [0.15, 0.2) is 18.2 Å². The third-order valence-corrected chi connectivity index (χ3v) is 3.00. The summed E-state index contributed by atoms with van der Waals surface area (Å²) < 4.78 is 18.7. The Morgan fingerprint density at radius 1 is 1.47 bits per heavy atom. The van der Waals surface area contributed by atoms with Crippen LogP contribution < -0.4 is 5.32 Å². The van der Waals surface area contributed by atoms with Crippen LogP contribution in [0.5, 0.6) is 0 Å². The van der Waals surface area contributed by atoms with Crippen LogP contribution in [-0.2, 0) is 11.3 Å². The Labute approximate surface area is 112 Å². The topological polar surface area (TPSA) is 58.6 Å². The predicted octanol–water partition coefficient (Wildman–Crippen LogP) is 2.28. The summed E-state index contributed by atoms with van der Waals surface area (Å²) in [6.45, 7) is 4.89. The van der Waals surface area contributed by atoms with Gasteiger partial charge in [-0.15, -0.1) is 0 Å². The molecule has 0 heterocycles. The van der Waals surface area contributed by atoms with Gasteiger partial charge in [-0.1, -0.05) is 13.8 Å². The quantitative estimate of drug-likeness (QED) is 0.797. The van der Waals surface area contributed by atoms with Gasteiger partial charge in [0.15, 0.2) is 0 Å². The molecule has 0 aromatic heterocycles. The van der Waals surface area contributed by atoms with Crippen molar-refractivity contribution >= 4 is 5.97 Å². The minimum Gasteiger partial charge on any atom is -0.478 e. The number of methoxy groups -OCH3 is 1. The van der Waals surface area contributed by atoms with E-state index in [1.807, 2.05) is 13.8 Å². The Balaban J connectivity index is 2.75. The first-order chi connectivity index (χ1) is 8.95. The number of aromatic carboxylic acids is 1. The van der Waals surface area contributed by atoms with Gasteiger partial charge in [0.2, 0.25) is 0 Å². The average molecular weight is 269 g/mol. The molecule has 0 radical (unpaired) electrons. The Morgan fingerprint density at radius 3 is 2.68 bits per heavy atom. The highest BCUT2D eigenvalue weighted by Crippen LogP contribution is 2.12. The van der Waals surface area contributed by atoms with Crippen LogP contribution >= 0.6 is 0 Å². The summed E-state index contributed by atoms with van der Waals surface area (Å²) >= 11 is 0. The molecule has 5 heteroatoms. The maximum Gasteiger partial charge on any atom is 0.335 e. The van der Waals surface area contributed by atoms with E-state index in [0.29, 0.717) is 18.1 Å². The van der Waals surface area contributed by atoms with Crippen molar-refractivity contribution in [1.82, 2.24) is 5.32 Å². The number of carbonyl (C=O) groups is 1. The van der Waals surface area contributed by atoms with Gasteiger partial charge < -0.3 is 15.2 Å². The highest BCUT2D eigenvalue weighted by Gasteiger charge is 2.14. The molecule has 4 nitrogen and oxygen atoms in total. The molecule has 1 rings (SSSR count). The van der Waals surface area contributed by atoms with Gasteiger partial charge in [-0.05, 0) is 24.1 Å². The third kappa shape index (κ3) is 4.61. The second-order valence-electron chi connectivity index (χ2n) is 4.80. The monoisotopic (exact) mass is 269 g/mol. The van der Waals surface area contributed by atoms with E-state index in [0.717, 1.165) is 0 Å². The average Bonchev–Trinajstić information content (AvgIpc) is 2.35. The molecule has 1 atom stereocenters. The van der Waals surface area contributed by atoms with Gasteiger partial charge in [0.25, 0.3) is 0 Å². The van der Waals surface area contributed by atoms with Gasteiger partial charge in [0.05, 0.1) is 12.2 Å². The standard InChI is InChI=1S/C14H20FNO3/c1-9(2)13(8-19-3)16-7-11-6-10(14(17)18)4-5-12(11)15/h4-6,9,13,16H,7-8H2,1-3H3,(H,17,18). The van der Waals surface area contributed by atoms with Gasteiger partial charge in [0.1, 0.15) is 5.82 Å². The van der Waals surface area contributed by atoms with Gasteiger partial charge in [-0.2, -0.15) is 0 Å². The summed E-state index contributed by atoms with van der Waals surface area (Å²) in [6.07, 6.45) is 0. The first kappa shape index (κ1) is 15.6. The Hall–Kier alpha value is -1.46. The number of hydrogen-bond acceptors (Lipinski definition) is 3. The van der Waals surface area contributed by atoms with Crippen molar-refractivity contribution in [3.63, 3.8) is 0 Å². The fraction of sp³-hybridized carbons (Fsp3) is 0.500. The lowest BCUT2D eigenvalue weighted by molar-refractivity contribution is 0.0696. The summed E-state index contributed by atoms with van der Waals surface area (Å²) in [6, 6.07) is 3.89. The van der Waals surface area contributed by atoms with Gasteiger partial charge in [-0.25, -0.2) is 9.18 Å². The van der Waals surface area contributed by atoms with Crippen molar-refractivity contribution < 1.29 is 19.0 Å². The largest absolute Gasteiger partial charge is 0.478 e. The van der Waals surface area contributed by atoms with Crippen molar-refractivity contribution in [1.29, 1.82) is 0 Å². The van der Waals surface area contributed by atoms with Crippen LogP contribution in [0.4, 0.5) is 4.39 Å². The molecular formula is C14H20FNO3. The Kier molecular flexibility index (Phi) is 5.92. The number of carboxylic acid groups (broad SMARTS) is 1. The molecule has 106 valence electrons. The summed E-state index contributed by atoms with van der Waals surface area (Å²) in [5.74, 6) is -1.12. The maximum atomic E-state index is 13.6. The Bertz CT molecular complexity index is 435. The van der Waals surface area contributed by atoms with E-state index in [4.69, 9.17) is 9.84 Å². The van der Waals surface area contributed by atoms with Gasteiger partial charge in [-0.3, -0.25) is 0 Å². The highest BCUT2D eigenvalue weighted by molar-refractivity contribution is 5.87. The molecule has 1 unspecified atom stereocenters. The summed E-state index contributed by atoms with van der Waals surface area (Å²) in [7, 11) is 1.61. The van der Waals surface area contributed by atoms with Crippen LogP contribution in [-0.4, -0.2) is 30.8 Å². The van der Waals surface area contributed by atoms with Crippen LogP contribution in [0.2, 0.25) is 0 Å². The minimum absolute atomic E-state index is 0.0889. The maximum absolute atomic E-state index is 13.6. The lowest BCUT2D eigenvalue weighted by Gasteiger charge is -2.21. The molecule has 1 aromatic rings. The minimum atomic E-state index is -1.06. The molecular weight excluding hydrogens is 249 g/mol. The summed E-state index contributed by atoms with van der Waals surface area (Å²) in [5.41, 5.74) is 0.438. The van der Waals surface area contributed by atoms with Crippen molar-refractivity contribution in [2.24, 2.45) is 5.92 Å². The zero-order chi connectivity index (χ0) is 14.4. The molecule has 0 aliphatic heterocycles. The van der Waals surface area contributed by atoms with Crippen LogP contribution in [0.3, 0.4) is 0 Å². The number of benzene rings is 1. The SMILES string of the molecule is COCC(NCc1cc(C(=O)O)ccc1F)C(C)C. The normalized spacial score (nSPS) is 12.7. The fourth-order valence-electron chi connectivity index (χ4n) is 1.75. The lowest BCUT2D eigenvalue weighted by atomic mass is 10.0. The van der Waals surface area contributed by atoms with Crippen molar-refractivity contribution in [2.75, 3.05) is 13.7 Å². The van der Waals surface area contributed by atoms with Crippen LogP contribution in [0.1, 0.15) is 29.8 Å². The van der Waals surface area contributed by atoms with Gasteiger partial charge in [0, 0.05) is 25.3 Å². The first-order valence-electron chi connectivity index (χ1n) is 6.19. The van der Waals surface area contributed by atoms with Crippen LogP contribution in [0.25, 0.3) is 0 Å². The van der Waals surface area contributed by atoms with E-state index in [2.05, 4.69) is 5.32 Å². The smallest absolute Gasteiger partial charge is 0.335 e. The number of carboxylic acids is 1. The molecule has 0 aliphatic carbocycles. The zero-order valence-corrected chi connectivity index (χ0v) is 11.4. The van der Waals surface area contributed by atoms with E-state index in [9.17, 15) is 9.18 Å². The molecule has 0 spiro atoms. The van der Waals surface area contributed by atoms with Crippen molar-refractivity contribution in [3.05, 3.63) is 35.1 Å². The molecule has 0 aliphatic rings. The van der Waals surface area contributed by atoms with Crippen molar-refractivity contribution in [2.45, 2.75) is 26.4 Å². The fourth-order valence-corrected chi connectivity index (χ4v) is 1.75. The molecule has 0 amide bonds. The zero-order valence-electron chi connectivity index (χ0n) is 11.4. The molecule has 0 bridgehead atoms. The molecule has 0 saturated heterocycles. The summed E-state index contributed by atoms with van der Waals surface area (Å²) in [5, 5.41) is 12.1. The number of rotatable bonds is 7. The molecule has 1 aromatic carbocycles. The second-order valence-corrected chi connectivity index (χ2v) is 4.80. The summed E-state index contributed by atoms with van der Waals surface area (Å²) in [4.78, 5) is 10.9. The highest BCUT2D eigenvalue weighted by atomic mass is 19.1.